The first-order valence-electron chi connectivity index (χ1n) is 8.56. The number of methoxy groups -OCH3 is 2. The van der Waals surface area contributed by atoms with Gasteiger partial charge in [0.2, 0.25) is 5.91 Å². The van der Waals surface area contributed by atoms with Crippen molar-refractivity contribution in [3.8, 4) is 11.5 Å². The molecule has 0 fully saturated rings. The van der Waals surface area contributed by atoms with E-state index in [9.17, 15) is 4.79 Å². The molecule has 2 aromatic carbocycles. The Morgan fingerprint density at radius 3 is 2.65 bits per heavy atom. The molecule has 0 spiro atoms. The lowest BCUT2D eigenvalue weighted by Crippen LogP contribution is -2.12. The Bertz CT molecular complexity index is 903. The second kappa shape index (κ2) is 8.34. The average molecular weight is 350 g/mol. The van der Waals surface area contributed by atoms with Crippen LogP contribution in [0.3, 0.4) is 0 Å². The average Bonchev–Trinajstić information content (AvgIpc) is 2.68. The minimum absolute atomic E-state index is 0.0105. The van der Waals surface area contributed by atoms with Gasteiger partial charge in [0.15, 0.2) is 11.5 Å². The second-order valence-corrected chi connectivity index (χ2v) is 5.97. The van der Waals surface area contributed by atoms with E-state index in [0.717, 1.165) is 35.0 Å². The van der Waals surface area contributed by atoms with E-state index in [-0.39, 0.29) is 5.91 Å². The number of amides is 1. The lowest BCUT2D eigenvalue weighted by Gasteiger charge is -2.10. The van der Waals surface area contributed by atoms with Gasteiger partial charge in [-0.2, -0.15) is 0 Å². The van der Waals surface area contributed by atoms with Gasteiger partial charge in [-0.3, -0.25) is 9.78 Å². The largest absolute Gasteiger partial charge is 0.493 e. The number of aryl methyl sites for hydroxylation is 1. The van der Waals surface area contributed by atoms with Crippen molar-refractivity contribution in [2.24, 2.45) is 0 Å². The Morgan fingerprint density at radius 2 is 1.85 bits per heavy atom. The molecule has 5 nitrogen and oxygen atoms in total. The van der Waals surface area contributed by atoms with Crippen LogP contribution in [0.5, 0.6) is 11.5 Å². The monoisotopic (exact) mass is 350 g/mol. The van der Waals surface area contributed by atoms with Crippen LogP contribution in [0.4, 0.5) is 5.69 Å². The molecule has 3 rings (SSSR count). The molecule has 0 bridgehead atoms. The molecule has 1 aromatic heterocycles. The maximum atomic E-state index is 12.3. The molecule has 0 unspecified atom stereocenters. The summed E-state index contributed by atoms with van der Waals surface area (Å²) < 4.78 is 10.6. The first-order valence-corrected chi connectivity index (χ1v) is 8.56. The van der Waals surface area contributed by atoms with Crippen molar-refractivity contribution >= 4 is 22.5 Å². The maximum Gasteiger partial charge on any atom is 0.224 e. The van der Waals surface area contributed by atoms with Gasteiger partial charge in [-0.1, -0.05) is 24.3 Å². The molecule has 134 valence electrons. The first kappa shape index (κ1) is 17.7. The van der Waals surface area contributed by atoms with E-state index in [0.29, 0.717) is 17.9 Å². The van der Waals surface area contributed by atoms with E-state index >= 15 is 0 Å². The summed E-state index contributed by atoms with van der Waals surface area (Å²) in [7, 11) is 3.23. The van der Waals surface area contributed by atoms with Crippen LogP contribution < -0.4 is 14.8 Å². The molecule has 0 radical (unpaired) electrons. The van der Waals surface area contributed by atoms with Gasteiger partial charge in [-0.05, 0) is 42.7 Å². The number of fused-ring (bicyclic) bond motifs is 1. The zero-order chi connectivity index (χ0) is 18.4. The summed E-state index contributed by atoms with van der Waals surface area (Å²) in [5.41, 5.74) is 2.67. The molecule has 0 atom stereocenters. The summed E-state index contributed by atoms with van der Waals surface area (Å²) in [4.78, 5) is 16.6. The van der Waals surface area contributed by atoms with Crippen molar-refractivity contribution in [2.45, 2.75) is 19.3 Å². The number of rotatable bonds is 7. The van der Waals surface area contributed by atoms with Gasteiger partial charge in [0.05, 0.1) is 25.4 Å². The fourth-order valence-electron chi connectivity index (χ4n) is 2.91. The van der Waals surface area contributed by atoms with E-state index in [1.807, 2.05) is 48.5 Å². The lowest BCUT2D eigenvalue weighted by molar-refractivity contribution is -0.116. The number of hydrogen-bond donors (Lipinski definition) is 1. The van der Waals surface area contributed by atoms with Gasteiger partial charge >= 0.3 is 0 Å². The predicted octanol–water partition coefficient (Wildman–Crippen LogP) is 4.21. The lowest BCUT2D eigenvalue weighted by atomic mass is 10.1. The highest BCUT2D eigenvalue weighted by atomic mass is 16.5. The first-order chi connectivity index (χ1) is 12.7. The zero-order valence-electron chi connectivity index (χ0n) is 15.0. The number of benzene rings is 2. The molecule has 1 heterocycles. The van der Waals surface area contributed by atoms with Gasteiger partial charge in [-0.15, -0.1) is 0 Å². The van der Waals surface area contributed by atoms with E-state index in [1.165, 1.54) is 0 Å². The van der Waals surface area contributed by atoms with Crippen LogP contribution in [0.2, 0.25) is 0 Å². The molecular formula is C21H22N2O3. The van der Waals surface area contributed by atoms with Crippen molar-refractivity contribution < 1.29 is 14.3 Å². The zero-order valence-corrected chi connectivity index (χ0v) is 15.0. The van der Waals surface area contributed by atoms with Crippen molar-refractivity contribution in [3.63, 3.8) is 0 Å². The summed E-state index contributed by atoms with van der Waals surface area (Å²) in [6.45, 7) is 0. The van der Waals surface area contributed by atoms with Crippen LogP contribution in [0.25, 0.3) is 10.9 Å². The number of ether oxygens (including phenoxy) is 2. The highest BCUT2D eigenvalue weighted by Gasteiger charge is 2.08. The van der Waals surface area contributed by atoms with E-state index in [2.05, 4.69) is 10.3 Å². The quantitative estimate of drug-likeness (QED) is 0.693. The van der Waals surface area contributed by atoms with Gasteiger partial charge < -0.3 is 14.8 Å². The summed E-state index contributed by atoms with van der Waals surface area (Å²) >= 11 is 0. The van der Waals surface area contributed by atoms with Crippen molar-refractivity contribution in [1.29, 1.82) is 0 Å². The Kier molecular flexibility index (Phi) is 5.69. The van der Waals surface area contributed by atoms with Crippen LogP contribution >= 0.6 is 0 Å². The van der Waals surface area contributed by atoms with E-state index in [1.54, 1.807) is 20.4 Å². The summed E-state index contributed by atoms with van der Waals surface area (Å²) in [5, 5.41) is 3.98. The van der Waals surface area contributed by atoms with Crippen LogP contribution in [0, 0.1) is 0 Å². The molecule has 0 aliphatic rings. The van der Waals surface area contributed by atoms with Gasteiger partial charge in [0.25, 0.3) is 0 Å². The number of nitrogens with one attached hydrogen (secondary N) is 1. The Morgan fingerprint density at radius 1 is 1.04 bits per heavy atom. The number of pyridine rings is 1. The highest BCUT2D eigenvalue weighted by Crippen LogP contribution is 2.28. The molecule has 1 amide bonds. The minimum Gasteiger partial charge on any atom is -0.493 e. The van der Waals surface area contributed by atoms with Gasteiger partial charge in [0, 0.05) is 18.0 Å². The number of carbonyl (C=O) groups excluding carboxylic acids is 1. The molecule has 5 heteroatoms. The Balaban J connectivity index is 1.57. The van der Waals surface area contributed by atoms with E-state index < -0.39 is 0 Å². The second-order valence-electron chi connectivity index (χ2n) is 5.97. The molecule has 0 aliphatic carbocycles. The number of hydrogen-bond acceptors (Lipinski definition) is 4. The molecule has 0 aliphatic heterocycles. The summed E-state index contributed by atoms with van der Waals surface area (Å²) in [6, 6.07) is 15.5. The fraction of sp³-hybridized carbons (Fsp3) is 0.238. The number of aromatic nitrogens is 1. The van der Waals surface area contributed by atoms with Crippen molar-refractivity contribution in [1.82, 2.24) is 4.98 Å². The Labute approximate surface area is 153 Å². The van der Waals surface area contributed by atoms with Gasteiger partial charge in [0.1, 0.15) is 0 Å². The third-order valence-corrected chi connectivity index (χ3v) is 4.22. The summed E-state index contributed by atoms with van der Waals surface area (Å²) in [6.07, 6.45) is 3.72. The smallest absolute Gasteiger partial charge is 0.224 e. The maximum absolute atomic E-state index is 12.3. The van der Waals surface area contributed by atoms with E-state index in [4.69, 9.17) is 9.47 Å². The minimum atomic E-state index is -0.0105. The standard InChI is InChI=1S/C21H22N2O3/c1-25-18-12-11-15(14-19(18)26-2)6-3-10-20(24)23-17-9-4-7-16-8-5-13-22-21(16)17/h4-5,7-9,11-14H,3,6,10H2,1-2H3,(H,23,24). The van der Waals surface area contributed by atoms with Crippen LogP contribution in [-0.2, 0) is 11.2 Å². The number of anilines is 1. The van der Waals surface area contributed by atoms with Gasteiger partial charge in [-0.25, -0.2) is 0 Å². The van der Waals surface area contributed by atoms with Crippen molar-refractivity contribution in [2.75, 3.05) is 19.5 Å². The molecule has 1 N–H and O–H groups in total. The SMILES string of the molecule is COc1ccc(CCCC(=O)Nc2cccc3cccnc23)cc1OC. The van der Waals surface area contributed by atoms with Crippen LogP contribution in [-0.4, -0.2) is 25.1 Å². The molecular weight excluding hydrogens is 328 g/mol. The van der Waals surface area contributed by atoms with Crippen molar-refractivity contribution in [3.05, 3.63) is 60.3 Å². The normalized spacial score (nSPS) is 10.5. The molecule has 0 saturated heterocycles. The number of nitrogens with zero attached hydrogens (tertiary/aromatic N) is 1. The van der Waals surface area contributed by atoms with Crippen LogP contribution in [0.15, 0.2) is 54.7 Å². The highest BCUT2D eigenvalue weighted by molar-refractivity contribution is 6.00. The third kappa shape index (κ3) is 4.11. The fourth-order valence-corrected chi connectivity index (χ4v) is 2.91. The Hall–Kier alpha value is -3.08. The third-order valence-electron chi connectivity index (χ3n) is 4.22. The predicted molar refractivity (Wildman–Crippen MR) is 103 cm³/mol. The summed E-state index contributed by atoms with van der Waals surface area (Å²) in [5.74, 6) is 1.40. The molecule has 3 aromatic rings. The molecule has 0 saturated carbocycles. The number of para-hydroxylation sites is 1. The topological polar surface area (TPSA) is 60.5 Å². The van der Waals surface area contributed by atoms with Crippen LogP contribution in [0.1, 0.15) is 18.4 Å². The molecule has 26 heavy (non-hydrogen) atoms. The number of carbonyl (C=O) groups is 1.